The molecule has 1 saturated heterocycles. The van der Waals surface area contributed by atoms with Crippen LogP contribution in [0.5, 0.6) is 0 Å². The van der Waals surface area contributed by atoms with Crippen molar-refractivity contribution in [3.8, 4) is 0 Å². The Morgan fingerprint density at radius 3 is 3.09 bits per heavy atom. The van der Waals surface area contributed by atoms with Crippen molar-refractivity contribution < 1.29 is 9.53 Å². The zero-order chi connectivity index (χ0) is 15.1. The number of hydrogen-bond acceptors (Lipinski definition) is 6. The van der Waals surface area contributed by atoms with Gasteiger partial charge in [-0.25, -0.2) is 0 Å². The van der Waals surface area contributed by atoms with Gasteiger partial charge in [-0.05, 0) is 49.4 Å². The Morgan fingerprint density at radius 1 is 1.36 bits per heavy atom. The normalized spacial score (nSPS) is 27.6. The Labute approximate surface area is 133 Å². The van der Waals surface area contributed by atoms with Gasteiger partial charge in [0.2, 0.25) is 0 Å². The van der Waals surface area contributed by atoms with E-state index in [0.717, 1.165) is 37.1 Å². The quantitative estimate of drug-likeness (QED) is 0.810. The minimum atomic E-state index is 0.00863. The smallest absolute Gasteiger partial charge is 0.309 e. The van der Waals surface area contributed by atoms with Crippen LogP contribution in [0.1, 0.15) is 18.9 Å². The summed E-state index contributed by atoms with van der Waals surface area (Å²) in [6.07, 6.45) is 1.11. The number of aromatic nitrogens is 2. The number of carbonyl (C=O) groups is 1. The molecule has 0 N–H and O–H groups in total. The predicted octanol–water partition coefficient (Wildman–Crippen LogP) is 2.32. The topological polar surface area (TPSA) is 55.3 Å². The third kappa shape index (κ3) is 2.50. The van der Waals surface area contributed by atoms with Crippen molar-refractivity contribution in [3.05, 3.63) is 23.8 Å². The van der Waals surface area contributed by atoms with Crippen LogP contribution in [0.2, 0.25) is 0 Å². The minimum absolute atomic E-state index is 0.00863. The Kier molecular flexibility index (Phi) is 3.58. The van der Waals surface area contributed by atoms with E-state index in [1.807, 2.05) is 13.0 Å². The van der Waals surface area contributed by atoms with E-state index in [-0.39, 0.29) is 11.9 Å². The van der Waals surface area contributed by atoms with Crippen molar-refractivity contribution in [3.63, 3.8) is 0 Å². The lowest BCUT2D eigenvalue weighted by molar-refractivity contribution is -0.145. The van der Waals surface area contributed by atoms with E-state index >= 15 is 0 Å². The highest BCUT2D eigenvalue weighted by molar-refractivity contribution is 7.00. The molecular weight excluding hydrogens is 298 g/mol. The summed E-state index contributed by atoms with van der Waals surface area (Å²) in [5.74, 6) is 1.21. The highest BCUT2D eigenvalue weighted by atomic mass is 32.1. The largest absolute Gasteiger partial charge is 0.466 e. The minimum Gasteiger partial charge on any atom is -0.466 e. The molecule has 1 aromatic carbocycles. The van der Waals surface area contributed by atoms with Gasteiger partial charge in [0.05, 0.1) is 24.3 Å². The average molecular weight is 317 g/mol. The molecule has 22 heavy (non-hydrogen) atoms. The molecule has 1 aromatic heterocycles. The van der Waals surface area contributed by atoms with Crippen molar-refractivity contribution in [2.75, 3.05) is 19.7 Å². The third-order valence-electron chi connectivity index (χ3n) is 4.86. The van der Waals surface area contributed by atoms with Crippen LogP contribution in [0.3, 0.4) is 0 Å². The first kappa shape index (κ1) is 14.1. The van der Waals surface area contributed by atoms with Crippen LogP contribution in [0, 0.1) is 17.8 Å². The summed E-state index contributed by atoms with van der Waals surface area (Å²) in [5.41, 5.74) is 3.22. The van der Waals surface area contributed by atoms with Gasteiger partial charge < -0.3 is 4.74 Å². The van der Waals surface area contributed by atoms with E-state index in [0.29, 0.717) is 18.4 Å². The molecule has 2 fully saturated rings. The number of carbonyl (C=O) groups excluding carboxylic acids is 1. The molecule has 0 radical (unpaired) electrons. The van der Waals surface area contributed by atoms with Gasteiger partial charge in [0.15, 0.2) is 0 Å². The summed E-state index contributed by atoms with van der Waals surface area (Å²) in [6, 6.07) is 6.30. The van der Waals surface area contributed by atoms with Crippen LogP contribution < -0.4 is 0 Å². The van der Waals surface area contributed by atoms with Crippen molar-refractivity contribution in [1.82, 2.24) is 13.6 Å². The molecule has 0 amide bonds. The molecule has 0 unspecified atom stereocenters. The predicted molar refractivity (Wildman–Crippen MR) is 84.4 cm³/mol. The highest BCUT2D eigenvalue weighted by Crippen LogP contribution is 2.52. The fourth-order valence-corrected chi connectivity index (χ4v) is 4.24. The molecule has 1 aliphatic heterocycles. The molecule has 116 valence electrons. The molecule has 3 atom stereocenters. The maximum absolute atomic E-state index is 11.9. The summed E-state index contributed by atoms with van der Waals surface area (Å²) >= 11 is 1.26. The summed E-state index contributed by atoms with van der Waals surface area (Å²) in [6.45, 7) is 5.35. The molecule has 5 nitrogen and oxygen atoms in total. The van der Waals surface area contributed by atoms with Gasteiger partial charge in [-0.2, -0.15) is 8.75 Å². The van der Waals surface area contributed by atoms with Gasteiger partial charge in [-0.1, -0.05) is 6.07 Å². The number of rotatable bonds is 4. The SMILES string of the molecule is CCOC(=O)[C@@H]1[C@@H]2CCN(Cc3ccc4nsnc4c3)C[C@@H]21. The summed E-state index contributed by atoms with van der Waals surface area (Å²) in [5, 5.41) is 0. The fourth-order valence-electron chi connectivity index (χ4n) is 3.72. The summed E-state index contributed by atoms with van der Waals surface area (Å²) in [4.78, 5) is 14.3. The fraction of sp³-hybridized carbons (Fsp3) is 0.562. The standard InChI is InChI=1S/C16H19N3O2S/c1-2-21-16(20)15-11-5-6-19(9-12(11)15)8-10-3-4-13-14(7-10)18-22-17-13/h3-4,7,11-12,15H,2,5-6,8-9H2,1H3/t11-,12+,15-/m1/s1. The lowest BCUT2D eigenvalue weighted by atomic mass is 10.1. The lowest BCUT2D eigenvalue weighted by Gasteiger charge is -2.25. The molecule has 6 heteroatoms. The Bertz CT molecular complexity index is 702. The van der Waals surface area contributed by atoms with Gasteiger partial charge in [-0.3, -0.25) is 9.69 Å². The van der Waals surface area contributed by atoms with Crippen molar-refractivity contribution in [2.24, 2.45) is 17.8 Å². The molecule has 2 aromatic rings. The van der Waals surface area contributed by atoms with Crippen LogP contribution in [0.15, 0.2) is 18.2 Å². The number of nitrogens with zero attached hydrogens (tertiary/aromatic N) is 3. The van der Waals surface area contributed by atoms with Gasteiger partial charge >= 0.3 is 5.97 Å². The van der Waals surface area contributed by atoms with E-state index in [4.69, 9.17) is 4.74 Å². The van der Waals surface area contributed by atoms with Gasteiger partial charge in [0, 0.05) is 13.1 Å². The molecule has 4 rings (SSSR count). The average Bonchev–Trinajstić information content (AvgIpc) is 3.03. The third-order valence-corrected chi connectivity index (χ3v) is 5.42. The van der Waals surface area contributed by atoms with Crippen LogP contribution in [-0.4, -0.2) is 39.3 Å². The van der Waals surface area contributed by atoms with Gasteiger partial charge in [0.25, 0.3) is 0 Å². The summed E-state index contributed by atoms with van der Waals surface area (Å²) < 4.78 is 13.7. The number of likely N-dealkylation sites (tertiary alicyclic amines) is 1. The van der Waals surface area contributed by atoms with Crippen LogP contribution >= 0.6 is 11.7 Å². The van der Waals surface area contributed by atoms with E-state index in [9.17, 15) is 4.79 Å². The summed E-state index contributed by atoms with van der Waals surface area (Å²) in [7, 11) is 0. The number of piperidine rings is 1. The molecule has 1 saturated carbocycles. The Morgan fingerprint density at radius 2 is 2.23 bits per heavy atom. The van der Waals surface area contributed by atoms with E-state index in [2.05, 4.69) is 25.8 Å². The Hall–Kier alpha value is -1.53. The molecular formula is C16H19N3O2S. The maximum atomic E-state index is 11.9. The second-order valence-corrected chi connectivity index (χ2v) is 6.75. The van der Waals surface area contributed by atoms with E-state index < -0.39 is 0 Å². The first-order valence-electron chi connectivity index (χ1n) is 7.86. The number of esters is 1. The number of ether oxygens (including phenoxy) is 1. The first-order valence-corrected chi connectivity index (χ1v) is 8.59. The van der Waals surface area contributed by atoms with Crippen molar-refractivity contribution in [1.29, 1.82) is 0 Å². The van der Waals surface area contributed by atoms with Crippen LogP contribution in [-0.2, 0) is 16.1 Å². The van der Waals surface area contributed by atoms with Crippen molar-refractivity contribution in [2.45, 2.75) is 19.9 Å². The molecule has 0 bridgehead atoms. The Balaban J connectivity index is 1.39. The second kappa shape index (κ2) is 5.59. The number of benzene rings is 1. The van der Waals surface area contributed by atoms with E-state index in [1.165, 1.54) is 17.3 Å². The zero-order valence-corrected chi connectivity index (χ0v) is 13.4. The monoisotopic (exact) mass is 317 g/mol. The zero-order valence-electron chi connectivity index (χ0n) is 12.6. The number of fused-ring (bicyclic) bond motifs is 2. The highest BCUT2D eigenvalue weighted by Gasteiger charge is 2.57. The van der Waals surface area contributed by atoms with Crippen molar-refractivity contribution >= 4 is 28.7 Å². The molecule has 1 aliphatic carbocycles. The van der Waals surface area contributed by atoms with Gasteiger partial charge in [0.1, 0.15) is 11.0 Å². The maximum Gasteiger partial charge on any atom is 0.309 e. The second-order valence-electron chi connectivity index (χ2n) is 6.22. The van der Waals surface area contributed by atoms with Crippen LogP contribution in [0.4, 0.5) is 0 Å². The molecule has 2 aliphatic rings. The molecule has 2 heterocycles. The van der Waals surface area contributed by atoms with E-state index in [1.54, 1.807) is 0 Å². The van der Waals surface area contributed by atoms with Crippen LogP contribution in [0.25, 0.3) is 11.0 Å². The number of hydrogen-bond donors (Lipinski definition) is 0. The van der Waals surface area contributed by atoms with Gasteiger partial charge in [-0.15, -0.1) is 0 Å². The first-order chi connectivity index (χ1) is 10.8. The molecule has 0 spiro atoms. The lowest BCUT2D eigenvalue weighted by Crippen LogP contribution is -2.30.